The van der Waals surface area contributed by atoms with Gasteiger partial charge in [-0.2, -0.15) is 0 Å². The predicted octanol–water partition coefficient (Wildman–Crippen LogP) is 2.04. The highest BCUT2D eigenvalue weighted by atomic mass is 35.5. The number of amides is 2. The van der Waals surface area contributed by atoms with Crippen molar-refractivity contribution in [3.8, 4) is 0 Å². The van der Waals surface area contributed by atoms with E-state index in [0.717, 1.165) is 0 Å². The van der Waals surface area contributed by atoms with Crippen molar-refractivity contribution in [2.75, 3.05) is 12.4 Å². The molecule has 19 heavy (non-hydrogen) atoms. The zero-order valence-electron chi connectivity index (χ0n) is 10.1. The maximum atomic E-state index is 12.0. The molecule has 0 bridgehead atoms. The molecule has 2 amide bonds. The maximum absolute atomic E-state index is 12.0. The fraction of sp³-hybridized carbons (Fsp3) is 0.214. The third kappa shape index (κ3) is 2.74. The number of nitrogens with zero attached hydrogens (tertiary/aromatic N) is 1. The molecule has 0 spiro atoms. The molecule has 1 aliphatic rings. The van der Waals surface area contributed by atoms with Crippen molar-refractivity contribution in [2.24, 2.45) is 0 Å². The Labute approximate surface area is 115 Å². The van der Waals surface area contributed by atoms with Gasteiger partial charge in [0.15, 0.2) is 5.78 Å². The van der Waals surface area contributed by atoms with Crippen molar-refractivity contribution in [1.82, 2.24) is 4.90 Å². The Morgan fingerprint density at radius 3 is 2.26 bits per heavy atom. The molecule has 2 rings (SSSR count). The van der Waals surface area contributed by atoms with E-state index in [1.807, 2.05) is 0 Å². The molecule has 0 fully saturated rings. The lowest BCUT2D eigenvalue weighted by molar-refractivity contribution is -0.112. The molecule has 1 heterocycles. The van der Waals surface area contributed by atoms with E-state index in [0.29, 0.717) is 17.5 Å². The predicted molar refractivity (Wildman–Crippen MR) is 71.3 cm³/mol. The monoisotopic (exact) mass is 277 g/mol. The molecule has 5 heteroatoms. The van der Waals surface area contributed by atoms with Crippen molar-refractivity contribution in [3.05, 3.63) is 47.5 Å². The third-order valence-electron chi connectivity index (χ3n) is 2.83. The number of hydrogen-bond acceptors (Lipinski definition) is 3. The Bertz CT molecular complexity index is 531. The van der Waals surface area contributed by atoms with Crippen LogP contribution in [0, 0.1) is 0 Å². The first-order chi connectivity index (χ1) is 9.15. The summed E-state index contributed by atoms with van der Waals surface area (Å²) in [6.07, 6.45) is 3.42. The molecule has 98 valence electrons. The zero-order valence-corrected chi connectivity index (χ0v) is 10.9. The van der Waals surface area contributed by atoms with Crippen LogP contribution in [0.5, 0.6) is 0 Å². The first kappa shape index (κ1) is 13.5. The van der Waals surface area contributed by atoms with Gasteiger partial charge in [-0.1, -0.05) is 18.2 Å². The largest absolute Gasteiger partial charge is 0.294 e. The lowest BCUT2D eigenvalue weighted by atomic mass is 10.1. The lowest BCUT2D eigenvalue weighted by Gasteiger charge is -2.11. The number of halogens is 1. The molecule has 0 saturated heterocycles. The van der Waals surface area contributed by atoms with Crippen molar-refractivity contribution in [3.63, 3.8) is 0 Å². The van der Waals surface area contributed by atoms with E-state index in [-0.39, 0.29) is 30.0 Å². The van der Waals surface area contributed by atoms with Gasteiger partial charge in [-0.3, -0.25) is 19.3 Å². The quantitative estimate of drug-likeness (QED) is 0.470. The topological polar surface area (TPSA) is 54.5 Å². The normalized spacial score (nSPS) is 14.3. The van der Waals surface area contributed by atoms with Crippen LogP contribution < -0.4 is 0 Å². The number of alkyl halides is 1. The number of benzene rings is 1. The summed E-state index contributed by atoms with van der Waals surface area (Å²) in [5.74, 6) is -0.817. The Balaban J connectivity index is 2.01. The van der Waals surface area contributed by atoms with Gasteiger partial charge < -0.3 is 0 Å². The van der Waals surface area contributed by atoms with Crippen LogP contribution in [0.15, 0.2) is 36.4 Å². The lowest BCUT2D eigenvalue weighted by Crippen LogP contribution is -2.30. The standard InChI is InChI=1S/C14H12ClNO3/c15-9-10(17)5-3-4-8-16-13(18)11-6-1-2-7-12(11)14(16)19/h1-3,5-7H,4,8-9H2/b5-3+. The van der Waals surface area contributed by atoms with Gasteiger partial charge in [-0.05, 0) is 24.6 Å². The summed E-state index contributed by atoms with van der Waals surface area (Å²) in [6.45, 7) is 0.262. The Morgan fingerprint density at radius 1 is 1.16 bits per heavy atom. The number of fused-ring (bicyclic) bond motifs is 1. The van der Waals surface area contributed by atoms with Gasteiger partial charge >= 0.3 is 0 Å². The van der Waals surface area contributed by atoms with Crippen LogP contribution in [-0.2, 0) is 4.79 Å². The highest BCUT2D eigenvalue weighted by Gasteiger charge is 2.34. The second kappa shape index (κ2) is 5.80. The van der Waals surface area contributed by atoms with E-state index in [1.165, 1.54) is 11.0 Å². The van der Waals surface area contributed by atoms with Gasteiger partial charge in [0.25, 0.3) is 11.8 Å². The summed E-state index contributed by atoms with van der Waals surface area (Å²) in [5.41, 5.74) is 0.877. The smallest absolute Gasteiger partial charge is 0.261 e. The van der Waals surface area contributed by atoms with Crippen molar-refractivity contribution < 1.29 is 14.4 Å². The molecule has 0 atom stereocenters. The van der Waals surface area contributed by atoms with Crippen LogP contribution in [0.25, 0.3) is 0 Å². The summed E-state index contributed by atoms with van der Waals surface area (Å²) < 4.78 is 0. The van der Waals surface area contributed by atoms with Crippen LogP contribution >= 0.6 is 11.6 Å². The van der Waals surface area contributed by atoms with Crippen LogP contribution in [0.4, 0.5) is 0 Å². The van der Waals surface area contributed by atoms with Gasteiger partial charge in [0.05, 0.1) is 17.0 Å². The van der Waals surface area contributed by atoms with E-state index in [9.17, 15) is 14.4 Å². The molecule has 1 aromatic carbocycles. The van der Waals surface area contributed by atoms with E-state index >= 15 is 0 Å². The van der Waals surface area contributed by atoms with E-state index in [2.05, 4.69) is 0 Å². The molecule has 0 N–H and O–H groups in total. The summed E-state index contributed by atoms with van der Waals surface area (Å²) in [4.78, 5) is 36.1. The number of carbonyl (C=O) groups excluding carboxylic acids is 3. The number of imide groups is 1. The number of carbonyl (C=O) groups is 3. The van der Waals surface area contributed by atoms with E-state index in [4.69, 9.17) is 11.6 Å². The molecule has 0 aromatic heterocycles. The van der Waals surface area contributed by atoms with Crippen molar-refractivity contribution >= 4 is 29.2 Å². The van der Waals surface area contributed by atoms with Gasteiger partial charge in [-0.25, -0.2) is 0 Å². The molecule has 1 aromatic rings. The summed E-state index contributed by atoms with van der Waals surface area (Å²) in [6, 6.07) is 6.74. The second-order valence-electron chi connectivity index (χ2n) is 4.10. The Hall–Kier alpha value is -1.94. The highest BCUT2D eigenvalue weighted by Crippen LogP contribution is 2.22. The average Bonchev–Trinajstić information content (AvgIpc) is 2.68. The van der Waals surface area contributed by atoms with Gasteiger partial charge in [-0.15, -0.1) is 11.6 Å². The summed E-state index contributed by atoms with van der Waals surface area (Å²) in [5, 5.41) is 0. The van der Waals surface area contributed by atoms with Crippen LogP contribution in [0.2, 0.25) is 0 Å². The average molecular weight is 278 g/mol. The molecule has 0 radical (unpaired) electrons. The van der Waals surface area contributed by atoms with Gasteiger partial charge in [0.1, 0.15) is 0 Å². The Morgan fingerprint density at radius 2 is 1.74 bits per heavy atom. The fourth-order valence-electron chi connectivity index (χ4n) is 1.91. The number of ketones is 1. The molecule has 1 aliphatic heterocycles. The fourth-order valence-corrected chi connectivity index (χ4v) is 1.99. The third-order valence-corrected chi connectivity index (χ3v) is 3.10. The minimum Gasteiger partial charge on any atom is -0.294 e. The minimum absolute atomic E-state index is 0.0660. The molecule has 0 saturated carbocycles. The number of rotatable bonds is 5. The molecular formula is C14H12ClNO3. The van der Waals surface area contributed by atoms with Crippen molar-refractivity contribution in [1.29, 1.82) is 0 Å². The molecule has 0 unspecified atom stereocenters. The second-order valence-corrected chi connectivity index (χ2v) is 4.37. The van der Waals surface area contributed by atoms with Gasteiger partial charge in [0, 0.05) is 6.54 Å². The molecular weight excluding hydrogens is 266 g/mol. The van der Waals surface area contributed by atoms with Crippen LogP contribution in [0.3, 0.4) is 0 Å². The Kier molecular flexibility index (Phi) is 4.12. The van der Waals surface area contributed by atoms with E-state index < -0.39 is 0 Å². The molecule has 4 nitrogen and oxygen atoms in total. The maximum Gasteiger partial charge on any atom is 0.261 e. The van der Waals surface area contributed by atoms with Crippen LogP contribution in [0.1, 0.15) is 27.1 Å². The number of allylic oxidation sites excluding steroid dienone is 1. The number of hydrogen-bond donors (Lipinski definition) is 0. The minimum atomic E-state index is -0.280. The zero-order chi connectivity index (χ0) is 13.8. The molecule has 0 aliphatic carbocycles. The van der Waals surface area contributed by atoms with E-state index in [1.54, 1.807) is 30.3 Å². The first-order valence-corrected chi connectivity index (χ1v) is 6.39. The van der Waals surface area contributed by atoms with Crippen LogP contribution in [-0.4, -0.2) is 34.9 Å². The SMILES string of the molecule is O=C(/C=C/CCN1C(=O)c2ccccc2C1=O)CCl. The van der Waals surface area contributed by atoms with Crippen molar-refractivity contribution in [2.45, 2.75) is 6.42 Å². The van der Waals surface area contributed by atoms with Gasteiger partial charge in [0.2, 0.25) is 0 Å². The first-order valence-electron chi connectivity index (χ1n) is 5.85. The summed E-state index contributed by atoms with van der Waals surface area (Å²) >= 11 is 5.35. The summed E-state index contributed by atoms with van der Waals surface area (Å²) in [7, 11) is 0. The highest BCUT2D eigenvalue weighted by molar-refractivity contribution is 6.29.